The van der Waals surface area contributed by atoms with Crippen LogP contribution in [0.3, 0.4) is 0 Å². The van der Waals surface area contributed by atoms with Gasteiger partial charge in [-0.25, -0.2) is 4.98 Å². The number of fused-ring (bicyclic) bond motifs is 5. The van der Waals surface area contributed by atoms with Crippen molar-refractivity contribution in [2.45, 2.75) is 33.5 Å². The van der Waals surface area contributed by atoms with Crippen LogP contribution in [0.1, 0.15) is 13.3 Å². The normalized spacial score (nSPS) is 13.6. The fraction of sp³-hybridized carbons (Fsp3) is 0.120. The fourth-order valence-electron chi connectivity index (χ4n) is 4.11. The van der Waals surface area contributed by atoms with Gasteiger partial charge in [-0.05, 0) is 48.9 Å². The zero-order valence-electron chi connectivity index (χ0n) is 18.0. The Morgan fingerprint density at radius 1 is 1.06 bits per heavy atom. The molecule has 0 aliphatic carbocycles. The lowest BCUT2D eigenvalue weighted by atomic mass is 10.2. The minimum Gasteiger partial charge on any atom is -0.338 e. The van der Waals surface area contributed by atoms with Crippen LogP contribution in [0.2, 0.25) is 0 Å². The molecule has 2 aromatic heterocycles. The van der Waals surface area contributed by atoms with Crippen LogP contribution in [0.25, 0.3) is 22.1 Å². The topological polar surface area (TPSA) is 74.8 Å². The van der Waals surface area contributed by atoms with E-state index < -0.39 is 0 Å². The Labute approximate surface area is 212 Å². The average molecular weight is 548 g/mol. The molecule has 6 nitrogen and oxygen atoms in total. The predicted molar refractivity (Wildman–Crippen MR) is 141 cm³/mol. The van der Waals surface area contributed by atoms with Crippen molar-refractivity contribution in [3.05, 3.63) is 71.2 Å². The smallest absolute Gasteiger partial charge is 0.245 e. The molecule has 0 bridgehead atoms. The van der Waals surface area contributed by atoms with Crippen molar-refractivity contribution in [1.29, 1.82) is 0 Å². The van der Waals surface area contributed by atoms with Gasteiger partial charge >= 0.3 is 0 Å². The van der Waals surface area contributed by atoms with Gasteiger partial charge in [0.1, 0.15) is 5.52 Å². The number of carbonyl (C=O) groups is 1. The van der Waals surface area contributed by atoms with E-state index in [1.54, 1.807) is 11.8 Å². The molecule has 0 spiro atoms. The zero-order valence-corrected chi connectivity index (χ0v) is 21.2. The van der Waals surface area contributed by atoms with Crippen LogP contribution >= 0.6 is 39.5 Å². The molecule has 3 heterocycles. The maximum absolute atomic E-state index is 13.9. The quantitative estimate of drug-likeness (QED) is 0.245. The molecular formula is C25H18BrN5OS2. The van der Waals surface area contributed by atoms with E-state index in [9.17, 15) is 4.79 Å². The molecule has 1 aliphatic heterocycles. The monoisotopic (exact) mass is 547 g/mol. The number of aromatic nitrogens is 4. The number of hydrogen-bond acceptors (Lipinski definition) is 6. The highest BCUT2D eigenvalue weighted by atomic mass is 79.9. The van der Waals surface area contributed by atoms with Crippen LogP contribution in [-0.4, -0.2) is 31.3 Å². The van der Waals surface area contributed by atoms with E-state index in [1.807, 2.05) is 66.4 Å². The van der Waals surface area contributed by atoms with E-state index in [4.69, 9.17) is 0 Å². The number of carbonyl (C=O) groups excluding carboxylic acids is 1. The molecule has 1 amide bonds. The van der Waals surface area contributed by atoms with E-state index in [1.165, 1.54) is 11.8 Å². The lowest BCUT2D eigenvalue weighted by Gasteiger charge is -2.33. The Morgan fingerprint density at radius 2 is 1.76 bits per heavy atom. The third-order valence-electron chi connectivity index (χ3n) is 5.70. The maximum atomic E-state index is 13.9. The Morgan fingerprint density at radius 3 is 2.47 bits per heavy atom. The summed E-state index contributed by atoms with van der Waals surface area (Å²) in [5, 5.41) is 9.86. The molecule has 9 heteroatoms. The Hall–Kier alpha value is -2.88. The van der Waals surface area contributed by atoms with E-state index >= 15 is 0 Å². The lowest BCUT2D eigenvalue weighted by Crippen LogP contribution is -2.35. The lowest BCUT2D eigenvalue weighted by molar-refractivity contribution is -0.117. The number of thioether (sulfide) groups is 1. The van der Waals surface area contributed by atoms with E-state index in [2.05, 4.69) is 48.2 Å². The van der Waals surface area contributed by atoms with E-state index in [0.717, 1.165) is 42.1 Å². The Kier molecular flexibility index (Phi) is 5.55. The summed E-state index contributed by atoms with van der Waals surface area (Å²) in [7, 11) is 0. The minimum atomic E-state index is -0.359. The molecule has 1 unspecified atom stereocenters. The molecule has 5 aromatic rings. The number of halogens is 1. The molecular weight excluding hydrogens is 530 g/mol. The molecule has 1 aliphatic rings. The van der Waals surface area contributed by atoms with Gasteiger partial charge in [0, 0.05) is 19.6 Å². The largest absolute Gasteiger partial charge is 0.338 e. The fourth-order valence-corrected chi connectivity index (χ4v) is 6.38. The summed E-state index contributed by atoms with van der Waals surface area (Å²) in [5.74, 6) is 0.0111. The van der Waals surface area contributed by atoms with E-state index in [0.29, 0.717) is 17.2 Å². The molecule has 3 aromatic carbocycles. The SMILES string of the molecule is CCC(Sc1nnc2c(n1)[nH]c1cc(Br)ccc12)C(=O)N1c2ccccc2Sc2ccccc21. The molecule has 34 heavy (non-hydrogen) atoms. The Balaban J connectivity index is 1.35. The van der Waals surface area contributed by atoms with Crippen molar-refractivity contribution in [2.24, 2.45) is 0 Å². The molecule has 1 atom stereocenters. The molecule has 0 saturated heterocycles. The highest BCUT2D eigenvalue weighted by Gasteiger charge is 2.33. The second kappa shape index (κ2) is 8.72. The van der Waals surface area contributed by atoms with Gasteiger partial charge in [0.25, 0.3) is 0 Å². The van der Waals surface area contributed by atoms with E-state index in [-0.39, 0.29) is 11.2 Å². The number of amides is 1. The number of nitrogens with zero attached hydrogens (tertiary/aromatic N) is 4. The first-order chi connectivity index (χ1) is 16.6. The average Bonchev–Trinajstić information content (AvgIpc) is 3.22. The molecule has 0 saturated carbocycles. The molecule has 0 radical (unpaired) electrons. The van der Waals surface area contributed by atoms with Gasteiger partial charge in [-0.15, -0.1) is 10.2 Å². The van der Waals surface area contributed by atoms with Crippen molar-refractivity contribution in [1.82, 2.24) is 20.2 Å². The van der Waals surface area contributed by atoms with Gasteiger partial charge in [-0.3, -0.25) is 9.69 Å². The molecule has 168 valence electrons. The predicted octanol–water partition coefficient (Wildman–Crippen LogP) is 6.97. The summed E-state index contributed by atoms with van der Waals surface area (Å²) in [6.07, 6.45) is 0.637. The maximum Gasteiger partial charge on any atom is 0.245 e. The van der Waals surface area contributed by atoms with Crippen molar-refractivity contribution in [3.8, 4) is 0 Å². The van der Waals surface area contributed by atoms with Crippen LogP contribution in [0.5, 0.6) is 0 Å². The second-order valence-electron chi connectivity index (χ2n) is 7.83. The van der Waals surface area contributed by atoms with Crippen LogP contribution in [-0.2, 0) is 4.79 Å². The van der Waals surface area contributed by atoms with Crippen molar-refractivity contribution in [3.63, 3.8) is 0 Å². The zero-order chi connectivity index (χ0) is 23.2. The van der Waals surface area contributed by atoms with Gasteiger partial charge < -0.3 is 4.98 Å². The Bertz CT molecular complexity index is 1520. The third-order valence-corrected chi connectivity index (χ3v) is 8.53. The number of H-pyrrole nitrogens is 1. The first kappa shape index (κ1) is 21.6. The van der Waals surface area contributed by atoms with Crippen LogP contribution in [0.4, 0.5) is 11.4 Å². The van der Waals surface area contributed by atoms with Crippen LogP contribution < -0.4 is 4.90 Å². The number of nitrogens with one attached hydrogen (secondary N) is 1. The van der Waals surface area contributed by atoms with Gasteiger partial charge in [0.15, 0.2) is 5.65 Å². The summed E-state index contributed by atoms with van der Waals surface area (Å²) in [6, 6.07) is 22.0. The summed E-state index contributed by atoms with van der Waals surface area (Å²) in [6.45, 7) is 2.01. The highest BCUT2D eigenvalue weighted by Crippen LogP contribution is 2.48. The van der Waals surface area contributed by atoms with Crippen molar-refractivity contribution < 1.29 is 4.79 Å². The number of para-hydroxylation sites is 2. The minimum absolute atomic E-state index is 0.0111. The summed E-state index contributed by atoms with van der Waals surface area (Å²) in [5.41, 5.74) is 4.15. The second-order valence-corrected chi connectivity index (χ2v) is 11.0. The van der Waals surface area contributed by atoms with Gasteiger partial charge in [-0.1, -0.05) is 70.6 Å². The van der Waals surface area contributed by atoms with Gasteiger partial charge in [0.05, 0.1) is 22.1 Å². The van der Waals surface area contributed by atoms with Crippen molar-refractivity contribution in [2.75, 3.05) is 4.90 Å². The standard InChI is InChI=1S/C25H18BrN5OS2/c1-2-19(34-25-28-23-22(29-30-25)15-12-11-14(26)13-16(15)27-23)24(32)31-17-7-3-5-9-20(17)33-21-10-6-4-8-18(21)31/h3-13,19H,2H2,1H3,(H,27,28,30). The number of benzene rings is 3. The highest BCUT2D eigenvalue weighted by molar-refractivity contribution is 9.10. The molecule has 0 fully saturated rings. The van der Waals surface area contributed by atoms with Gasteiger partial charge in [-0.2, -0.15) is 0 Å². The van der Waals surface area contributed by atoms with Crippen LogP contribution in [0, 0.1) is 0 Å². The number of hydrogen-bond donors (Lipinski definition) is 1. The molecule has 6 rings (SSSR count). The van der Waals surface area contributed by atoms with Crippen molar-refractivity contribution >= 4 is 78.8 Å². The van der Waals surface area contributed by atoms with Gasteiger partial charge in [0.2, 0.25) is 11.1 Å². The van der Waals surface area contributed by atoms with Crippen LogP contribution in [0.15, 0.2) is 86.2 Å². The number of rotatable bonds is 4. The first-order valence-electron chi connectivity index (χ1n) is 10.8. The summed E-state index contributed by atoms with van der Waals surface area (Å²) >= 11 is 6.54. The summed E-state index contributed by atoms with van der Waals surface area (Å²) in [4.78, 5) is 25.9. The summed E-state index contributed by atoms with van der Waals surface area (Å²) < 4.78 is 0.978. The third kappa shape index (κ3) is 3.68. The number of anilines is 2. The number of aromatic amines is 1. The molecule has 1 N–H and O–H groups in total. The first-order valence-corrected chi connectivity index (χ1v) is 13.3.